The molecule has 3 rings (SSSR count). The molecule has 19 heavy (non-hydrogen) atoms. The van der Waals surface area contributed by atoms with E-state index in [0.717, 1.165) is 29.8 Å². The highest BCUT2D eigenvalue weighted by Gasteiger charge is 2.00. The van der Waals surface area contributed by atoms with Crippen molar-refractivity contribution in [2.75, 3.05) is 11.9 Å². The molecule has 3 nitrogen and oxygen atoms in total. The Kier molecular flexibility index (Phi) is 3.14. The predicted octanol–water partition coefficient (Wildman–Crippen LogP) is 3.29. The molecule has 0 fully saturated rings. The number of para-hydroxylation sites is 2. The first kappa shape index (κ1) is 11.7. The lowest BCUT2D eigenvalue weighted by Crippen LogP contribution is -2.09. The van der Waals surface area contributed by atoms with Crippen molar-refractivity contribution in [3.8, 4) is 0 Å². The number of aromatic nitrogens is 2. The number of anilines is 1. The molecule has 1 heterocycles. The fourth-order valence-corrected chi connectivity index (χ4v) is 2.08. The Bertz CT molecular complexity index is 673. The van der Waals surface area contributed by atoms with Crippen molar-refractivity contribution in [1.82, 2.24) is 9.55 Å². The largest absolute Gasteiger partial charge is 0.383 e. The molecule has 4 heteroatoms. The van der Waals surface area contributed by atoms with E-state index in [2.05, 4.69) is 20.9 Å². The molecule has 0 aliphatic heterocycles. The highest BCUT2D eigenvalue weighted by Crippen LogP contribution is 2.12. The number of benzene rings is 2. The van der Waals surface area contributed by atoms with E-state index in [4.69, 9.17) is 0 Å². The van der Waals surface area contributed by atoms with Crippen LogP contribution in [0.5, 0.6) is 0 Å². The second-order valence-electron chi connectivity index (χ2n) is 4.36. The Morgan fingerprint density at radius 1 is 1.05 bits per heavy atom. The van der Waals surface area contributed by atoms with Crippen molar-refractivity contribution in [2.45, 2.75) is 6.54 Å². The maximum Gasteiger partial charge on any atom is 0.123 e. The number of rotatable bonds is 4. The molecular weight excluding hydrogens is 241 g/mol. The molecule has 0 aliphatic rings. The standard InChI is InChI=1S/C15H14FN3/c16-12-5-7-13(8-6-12)17-9-10-19-11-18-14-3-1-2-4-15(14)19/h1-8,11,17H,9-10H2. The molecule has 0 aliphatic carbocycles. The fourth-order valence-electron chi connectivity index (χ4n) is 2.08. The summed E-state index contributed by atoms with van der Waals surface area (Å²) in [6.45, 7) is 1.59. The van der Waals surface area contributed by atoms with Crippen LogP contribution in [0.15, 0.2) is 54.9 Å². The van der Waals surface area contributed by atoms with Crippen LogP contribution >= 0.6 is 0 Å². The zero-order valence-corrected chi connectivity index (χ0v) is 10.4. The van der Waals surface area contributed by atoms with Gasteiger partial charge in [-0.3, -0.25) is 0 Å². The van der Waals surface area contributed by atoms with Gasteiger partial charge in [0.25, 0.3) is 0 Å². The fraction of sp³-hybridized carbons (Fsp3) is 0.133. The summed E-state index contributed by atoms with van der Waals surface area (Å²) in [5, 5.41) is 3.26. The molecule has 1 aromatic heterocycles. The Balaban J connectivity index is 1.65. The monoisotopic (exact) mass is 255 g/mol. The zero-order valence-electron chi connectivity index (χ0n) is 10.4. The van der Waals surface area contributed by atoms with E-state index in [9.17, 15) is 4.39 Å². The number of nitrogens with zero attached hydrogens (tertiary/aromatic N) is 2. The number of fused-ring (bicyclic) bond motifs is 1. The van der Waals surface area contributed by atoms with Crippen molar-refractivity contribution in [3.05, 3.63) is 60.7 Å². The molecule has 0 amide bonds. The SMILES string of the molecule is Fc1ccc(NCCn2cnc3ccccc32)cc1. The summed E-state index contributed by atoms with van der Waals surface area (Å²) in [4.78, 5) is 4.34. The molecule has 0 atom stereocenters. The second-order valence-corrected chi connectivity index (χ2v) is 4.36. The number of hydrogen-bond donors (Lipinski definition) is 1. The van der Waals surface area contributed by atoms with Gasteiger partial charge < -0.3 is 9.88 Å². The quantitative estimate of drug-likeness (QED) is 0.775. The maximum absolute atomic E-state index is 12.8. The summed E-state index contributed by atoms with van der Waals surface area (Å²) < 4.78 is 14.9. The molecule has 0 saturated carbocycles. The van der Waals surface area contributed by atoms with Gasteiger partial charge in [0.05, 0.1) is 17.4 Å². The minimum atomic E-state index is -0.217. The van der Waals surface area contributed by atoms with E-state index in [1.54, 1.807) is 12.1 Å². The normalized spacial score (nSPS) is 10.8. The predicted molar refractivity (Wildman–Crippen MR) is 74.6 cm³/mol. The summed E-state index contributed by atoms with van der Waals surface area (Å²) >= 11 is 0. The van der Waals surface area contributed by atoms with Crippen molar-refractivity contribution < 1.29 is 4.39 Å². The van der Waals surface area contributed by atoms with Gasteiger partial charge in [-0.2, -0.15) is 0 Å². The minimum Gasteiger partial charge on any atom is -0.383 e. The van der Waals surface area contributed by atoms with E-state index >= 15 is 0 Å². The van der Waals surface area contributed by atoms with Gasteiger partial charge in [0, 0.05) is 18.8 Å². The van der Waals surface area contributed by atoms with E-state index in [1.165, 1.54) is 12.1 Å². The molecule has 0 bridgehead atoms. The van der Waals surface area contributed by atoms with Crippen molar-refractivity contribution in [1.29, 1.82) is 0 Å². The summed E-state index contributed by atoms with van der Waals surface area (Å²) in [5.41, 5.74) is 3.05. The van der Waals surface area contributed by atoms with Crippen LogP contribution in [0.1, 0.15) is 0 Å². The maximum atomic E-state index is 12.8. The first-order valence-electron chi connectivity index (χ1n) is 6.22. The Morgan fingerprint density at radius 3 is 2.68 bits per heavy atom. The van der Waals surface area contributed by atoms with Gasteiger partial charge in [-0.05, 0) is 36.4 Å². The first-order chi connectivity index (χ1) is 9.33. The van der Waals surface area contributed by atoms with Crippen LogP contribution < -0.4 is 5.32 Å². The van der Waals surface area contributed by atoms with Crippen molar-refractivity contribution >= 4 is 16.7 Å². The molecule has 0 saturated heterocycles. The van der Waals surface area contributed by atoms with Gasteiger partial charge in [0.1, 0.15) is 5.82 Å². The molecule has 96 valence electrons. The van der Waals surface area contributed by atoms with Gasteiger partial charge in [-0.25, -0.2) is 9.37 Å². The third-order valence-electron chi connectivity index (χ3n) is 3.05. The molecule has 0 spiro atoms. The minimum absolute atomic E-state index is 0.217. The number of nitrogens with one attached hydrogen (secondary N) is 1. The molecule has 0 unspecified atom stereocenters. The van der Waals surface area contributed by atoms with Crippen LogP contribution in [-0.2, 0) is 6.54 Å². The molecule has 3 aromatic rings. The first-order valence-corrected chi connectivity index (χ1v) is 6.22. The Labute approximate surface area is 110 Å². The van der Waals surface area contributed by atoms with Gasteiger partial charge in [0.2, 0.25) is 0 Å². The third-order valence-corrected chi connectivity index (χ3v) is 3.05. The molecular formula is C15H14FN3. The Morgan fingerprint density at radius 2 is 1.84 bits per heavy atom. The van der Waals surface area contributed by atoms with E-state index in [-0.39, 0.29) is 5.82 Å². The number of imidazole rings is 1. The lowest BCUT2D eigenvalue weighted by Gasteiger charge is -2.07. The highest BCUT2D eigenvalue weighted by molar-refractivity contribution is 5.74. The van der Waals surface area contributed by atoms with Crippen LogP contribution in [0.25, 0.3) is 11.0 Å². The van der Waals surface area contributed by atoms with Gasteiger partial charge in [0.15, 0.2) is 0 Å². The van der Waals surface area contributed by atoms with Crippen LogP contribution in [0.4, 0.5) is 10.1 Å². The Hall–Kier alpha value is -2.36. The van der Waals surface area contributed by atoms with Gasteiger partial charge >= 0.3 is 0 Å². The molecule has 2 aromatic carbocycles. The lowest BCUT2D eigenvalue weighted by atomic mass is 10.3. The molecule has 0 radical (unpaired) electrons. The van der Waals surface area contributed by atoms with Crippen LogP contribution in [-0.4, -0.2) is 16.1 Å². The van der Waals surface area contributed by atoms with Crippen molar-refractivity contribution in [2.24, 2.45) is 0 Å². The van der Waals surface area contributed by atoms with Crippen molar-refractivity contribution in [3.63, 3.8) is 0 Å². The summed E-state index contributed by atoms with van der Waals surface area (Å²) in [6.07, 6.45) is 1.84. The second kappa shape index (κ2) is 5.10. The van der Waals surface area contributed by atoms with E-state index in [1.807, 2.05) is 24.5 Å². The van der Waals surface area contributed by atoms with Crippen LogP contribution in [0.2, 0.25) is 0 Å². The third kappa shape index (κ3) is 2.57. The summed E-state index contributed by atoms with van der Waals surface area (Å²) in [5.74, 6) is -0.217. The summed E-state index contributed by atoms with van der Waals surface area (Å²) in [6, 6.07) is 14.4. The topological polar surface area (TPSA) is 29.9 Å². The van der Waals surface area contributed by atoms with Crippen LogP contribution in [0, 0.1) is 5.82 Å². The summed E-state index contributed by atoms with van der Waals surface area (Å²) in [7, 11) is 0. The van der Waals surface area contributed by atoms with Crippen LogP contribution in [0.3, 0.4) is 0 Å². The molecule has 1 N–H and O–H groups in total. The lowest BCUT2D eigenvalue weighted by molar-refractivity contribution is 0.628. The smallest absolute Gasteiger partial charge is 0.123 e. The van der Waals surface area contributed by atoms with Gasteiger partial charge in [-0.1, -0.05) is 12.1 Å². The highest BCUT2D eigenvalue weighted by atomic mass is 19.1. The van der Waals surface area contributed by atoms with E-state index in [0.29, 0.717) is 0 Å². The average Bonchev–Trinajstić information content (AvgIpc) is 2.85. The zero-order chi connectivity index (χ0) is 13.1. The number of hydrogen-bond acceptors (Lipinski definition) is 2. The average molecular weight is 255 g/mol. The number of halogens is 1. The van der Waals surface area contributed by atoms with Gasteiger partial charge in [-0.15, -0.1) is 0 Å². The van der Waals surface area contributed by atoms with E-state index < -0.39 is 0 Å².